The first-order valence-electron chi connectivity index (χ1n) is 6.66. The minimum absolute atomic E-state index is 0.189. The predicted molar refractivity (Wildman–Crippen MR) is 79.1 cm³/mol. The van der Waals surface area contributed by atoms with Crippen LogP contribution in [-0.2, 0) is 16.0 Å². The van der Waals surface area contributed by atoms with Gasteiger partial charge in [0.05, 0.1) is 6.42 Å². The number of nitrogens with two attached hydrogens (primary N) is 1. The Morgan fingerprint density at radius 1 is 1.15 bits per heavy atom. The van der Waals surface area contributed by atoms with Crippen molar-refractivity contribution in [2.75, 3.05) is 0 Å². The summed E-state index contributed by atoms with van der Waals surface area (Å²) in [6.45, 7) is 1.81. The van der Waals surface area contributed by atoms with E-state index in [1.807, 2.05) is 49.4 Å². The number of benzene rings is 2. The maximum atomic E-state index is 11.9. The molecule has 0 aliphatic rings. The highest BCUT2D eigenvalue weighted by atomic mass is 16.2. The van der Waals surface area contributed by atoms with Gasteiger partial charge in [0, 0.05) is 0 Å². The zero-order chi connectivity index (χ0) is 14.5. The molecule has 0 radical (unpaired) electrons. The molecule has 2 rings (SSSR count). The zero-order valence-corrected chi connectivity index (χ0v) is 11.4. The van der Waals surface area contributed by atoms with Crippen LogP contribution in [0.3, 0.4) is 0 Å². The van der Waals surface area contributed by atoms with Gasteiger partial charge in [-0.05, 0) is 22.8 Å². The number of amides is 2. The minimum atomic E-state index is -0.594. The Kier molecular flexibility index (Phi) is 4.35. The lowest BCUT2D eigenvalue weighted by Crippen LogP contribution is -2.44. The average molecular weight is 270 g/mol. The summed E-state index contributed by atoms with van der Waals surface area (Å²) in [5.41, 5.74) is 6.13. The summed E-state index contributed by atoms with van der Waals surface area (Å²) in [5.74, 6) is -0.690. The highest BCUT2D eigenvalue weighted by Crippen LogP contribution is 2.15. The van der Waals surface area contributed by atoms with Gasteiger partial charge in [-0.25, -0.2) is 0 Å². The van der Waals surface area contributed by atoms with Crippen molar-refractivity contribution in [3.05, 3.63) is 48.0 Å². The number of rotatable bonds is 5. The molecular weight excluding hydrogens is 252 g/mol. The summed E-state index contributed by atoms with van der Waals surface area (Å²) >= 11 is 0. The summed E-state index contributed by atoms with van der Waals surface area (Å²) in [4.78, 5) is 23.0. The van der Waals surface area contributed by atoms with Crippen molar-refractivity contribution < 1.29 is 9.59 Å². The molecule has 0 fully saturated rings. The van der Waals surface area contributed by atoms with E-state index in [1.54, 1.807) is 0 Å². The second-order valence-corrected chi connectivity index (χ2v) is 4.79. The van der Waals surface area contributed by atoms with Crippen LogP contribution in [-0.4, -0.2) is 17.9 Å². The van der Waals surface area contributed by atoms with E-state index < -0.39 is 11.9 Å². The number of fused-ring (bicyclic) bond motifs is 1. The van der Waals surface area contributed by atoms with Crippen molar-refractivity contribution in [1.29, 1.82) is 0 Å². The molecule has 0 unspecified atom stereocenters. The van der Waals surface area contributed by atoms with Crippen LogP contribution in [0, 0.1) is 0 Å². The normalized spacial score (nSPS) is 12.1. The van der Waals surface area contributed by atoms with Gasteiger partial charge in [-0.1, -0.05) is 49.4 Å². The van der Waals surface area contributed by atoms with Crippen LogP contribution in [0.15, 0.2) is 42.5 Å². The van der Waals surface area contributed by atoms with Crippen molar-refractivity contribution >= 4 is 22.6 Å². The van der Waals surface area contributed by atoms with Crippen molar-refractivity contribution in [2.24, 2.45) is 5.73 Å². The van der Waals surface area contributed by atoms with Crippen molar-refractivity contribution in [1.82, 2.24) is 5.32 Å². The van der Waals surface area contributed by atoms with Gasteiger partial charge >= 0.3 is 0 Å². The summed E-state index contributed by atoms with van der Waals surface area (Å²) < 4.78 is 0. The molecule has 4 nitrogen and oxygen atoms in total. The van der Waals surface area contributed by atoms with E-state index in [0.29, 0.717) is 6.42 Å². The van der Waals surface area contributed by atoms with E-state index in [4.69, 9.17) is 5.73 Å². The predicted octanol–water partition coefficient (Wildman–Crippen LogP) is 1.76. The second kappa shape index (κ2) is 6.19. The third kappa shape index (κ3) is 3.35. The Balaban J connectivity index is 2.07. The number of hydrogen-bond donors (Lipinski definition) is 2. The van der Waals surface area contributed by atoms with Gasteiger partial charge in [-0.2, -0.15) is 0 Å². The summed E-state index contributed by atoms with van der Waals surface area (Å²) in [5, 5.41) is 4.89. The summed E-state index contributed by atoms with van der Waals surface area (Å²) in [6, 6.07) is 13.3. The Hall–Kier alpha value is -2.36. The van der Waals surface area contributed by atoms with Crippen LogP contribution >= 0.6 is 0 Å². The van der Waals surface area contributed by atoms with Gasteiger partial charge in [-0.3, -0.25) is 9.59 Å². The molecule has 20 heavy (non-hydrogen) atoms. The van der Waals surface area contributed by atoms with Crippen LogP contribution in [0.25, 0.3) is 10.8 Å². The Bertz CT molecular complexity index is 637. The summed E-state index contributed by atoms with van der Waals surface area (Å²) in [7, 11) is 0. The highest BCUT2D eigenvalue weighted by Gasteiger charge is 2.15. The second-order valence-electron chi connectivity index (χ2n) is 4.79. The van der Waals surface area contributed by atoms with Gasteiger partial charge in [0.15, 0.2) is 0 Å². The molecule has 0 spiro atoms. The molecule has 4 heteroatoms. The molecule has 0 saturated heterocycles. The lowest BCUT2D eigenvalue weighted by Gasteiger charge is -2.13. The first-order chi connectivity index (χ1) is 9.60. The summed E-state index contributed by atoms with van der Waals surface area (Å²) in [6.07, 6.45) is 0.743. The smallest absolute Gasteiger partial charge is 0.239 e. The molecule has 2 aromatic rings. The van der Waals surface area contributed by atoms with Crippen molar-refractivity contribution in [2.45, 2.75) is 25.8 Å². The molecule has 0 bridgehead atoms. The number of primary amides is 1. The molecule has 104 valence electrons. The molecule has 2 aromatic carbocycles. The van der Waals surface area contributed by atoms with Gasteiger partial charge in [0.1, 0.15) is 6.04 Å². The minimum Gasteiger partial charge on any atom is -0.368 e. The van der Waals surface area contributed by atoms with Crippen molar-refractivity contribution in [3.63, 3.8) is 0 Å². The molecular formula is C16H18N2O2. The standard InChI is InChI=1S/C16H18N2O2/c1-2-14(16(17)20)18-15(19)10-11-7-8-12-5-3-4-6-13(12)9-11/h3-9,14H,2,10H2,1H3,(H2,17,20)(H,18,19)/t14-/m1/s1. The van der Waals surface area contributed by atoms with Gasteiger partial charge < -0.3 is 11.1 Å². The fourth-order valence-electron chi connectivity index (χ4n) is 2.15. The van der Waals surface area contributed by atoms with E-state index in [9.17, 15) is 9.59 Å². The quantitative estimate of drug-likeness (QED) is 0.869. The first kappa shape index (κ1) is 14.1. The molecule has 0 aliphatic carbocycles. The van der Waals surface area contributed by atoms with Gasteiger partial charge in [-0.15, -0.1) is 0 Å². The zero-order valence-electron chi connectivity index (χ0n) is 11.4. The molecule has 3 N–H and O–H groups in total. The Morgan fingerprint density at radius 3 is 2.50 bits per heavy atom. The molecule has 0 aromatic heterocycles. The number of nitrogens with one attached hydrogen (secondary N) is 1. The fraction of sp³-hybridized carbons (Fsp3) is 0.250. The van der Waals surface area contributed by atoms with E-state index in [-0.39, 0.29) is 12.3 Å². The molecule has 0 saturated carbocycles. The highest BCUT2D eigenvalue weighted by molar-refractivity contribution is 5.88. The SMILES string of the molecule is CC[C@@H](NC(=O)Cc1ccc2ccccc2c1)C(N)=O. The van der Waals surface area contributed by atoms with Gasteiger partial charge in [0.25, 0.3) is 0 Å². The third-order valence-corrected chi connectivity index (χ3v) is 3.27. The molecule has 0 heterocycles. The van der Waals surface area contributed by atoms with Crippen LogP contribution < -0.4 is 11.1 Å². The van der Waals surface area contributed by atoms with Crippen LogP contribution in [0.1, 0.15) is 18.9 Å². The number of carbonyl (C=O) groups is 2. The maximum absolute atomic E-state index is 11.9. The van der Waals surface area contributed by atoms with Crippen molar-refractivity contribution in [3.8, 4) is 0 Å². The first-order valence-corrected chi connectivity index (χ1v) is 6.66. The van der Waals surface area contributed by atoms with Gasteiger partial charge in [0.2, 0.25) is 11.8 Å². The fourth-order valence-corrected chi connectivity index (χ4v) is 2.15. The van der Waals surface area contributed by atoms with E-state index >= 15 is 0 Å². The average Bonchev–Trinajstić information content (AvgIpc) is 2.44. The van der Waals surface area contributed by atoms with E-state index in [1.165, 1.54) is 0 Å². The third-order valence-electron chi connectivity index (χ3n) is 3.27. The Morgan fingerprint density at radius 2 is 1.85 bits per heavy atom. The number of carbonyl (C=O) groups excluding carboxylic acids is 2. The monoisotopic (exact) mass is 270 g/mol. The number of hydrogen-bond acceptors (Lipinski definition) is 2. The Labute approximate surface area is 118 Å². The van der Waals surface area contributed by atoms with Crippen LogP contribution in [0.2, 0.25) is 0 Å². The molecule has 2 amide bonds. The van der Waals surface area contributed by atoms with E-state index in [2.05, 4.69) is 5.32 Å². The largest absolute Gasteiger partial charge is 0.368 e. The lowest BCUT2D eigenvalue weighted by molar-refractivity contribution is -0.127. The van der Waals surface area contributed by atoms with Crippen LogP contribution in [0.5, 0.6) is 0 Å². The van der Waals surface area contributed by atoms with E-state index in [0.717, 1.165) is 16.3 Å². The maximum Gasteiger partial charge on any atom is 0.239 e. The van der Waals surface area contributed by atoms with Crippen LogP contribution in [0.4, 0.5) is 0 Å². The topological polar surface area (TPSA) is 72.2 Å². The lowest BCUT2D eigenvalue weighted by atomic mass is 10.0. The molecule has 0 aliphatic heterocycles. The molecule has 1 atom stereocenters.